The quantitative estimate of drug-likeness (QED) is 0.335. The van der Waals surface area contributed by atoms with Crippen molar-refractivity contribution in [3.63, 3.8) is 0 Å². The van der Waals surface area contributed by atoms with Gasteiger partial charge in [-0.25, -0.2) is 0 Å². The van der Waals surface area contributed by atoms with Crippen molar-refractivity contribution >= 4 is 0 Å². The molecule has 0 amide bonds. The third kappa shape index (κ3) is 5.39. The molecule has 0 saturated carbocycles. The van der Waals surface area contributed by atoms with Crippen molar-refractivity contribution < 1.29 is 42.0 Å². The van der Waals surface area contributed by atoms with Gasteiger partial charge in [0.05, 0.1) is 0 Å². The van der Waals surface area contributed by atoms with Crippen LogP contribution in [0.15, 0.2) is 0 Å². The van der Waals surface area contributed by atoms with E-state index < -0.39 is 0 Å². The molecule has 0 aromatic rings. The van der Waals surface area contributed by atoms with Crippen molar-refractivity contribution in [2.24, 2.45) is 0 Å². The fourth-order valence-electron chi connectivity index (χ4n) is 0.802. The maximum absolute atomic E-state index is 3.28. The van der Waals surface area contributed by atoms with Crippen LogP contribution < -0.4 is 47.3 Å². The molecule has 1 aliphatic heterocycles. The second-order valence-electron chi connectivity index (χ2n) is 1.81. The number of rotatable bonds is 0. The van der Waals surface area contributed by atoms with E-state index in [0.717, 1.165) is 0 Å². The van der Waals surface area contributed by atoms with Crippen molar-refractivity contribution in [3.8, 4) is 0 Å². The first-order valence-corrected chi connectivity index (χ1v) is 2.71. The maximum Gasteiger partial charge on any atom is 1.00 e. The summed E-state index contributed by atoms with van der Waals surface area (Å²) in [6.45, 7) is 2.50. The molecule has 0 aromatic heterocycles. The summed E-state index contributed by atoms with van der Waals surface area (Å²) >= 11 is 0. The summed E-state index contributed by atoms with van der Waals surface area (Å²) in [5.41, 5.74) is 0. The van der Waals surface area contributed by atoms with Gasteiger partial charge in [0, 0.05) is 0 Å². The van der Waals surface area contributed by atoms with Crippen molar-refractivity contribution in [1.29, 1.82) is 0 Å². The molecule has 0 aliphatic carbocycles. The Bertz CT molecular complexity index is 27.9. The van der Waals surface area contributed by atoms with E-state index in [0.29, 0.717) is 0 Å². The van der Waals surface area contributed by atoms with Gasteiger partial charge in [-0.05, 0) is 25.9 Å². The second-order valence-corrected chi connectivity index (χ2v) is 1.81. The van der Waals surface area contributed by atoms with Gasteiger partial charge in [0.15, 0.2) is 0 Å². The number of nitrogens with one attached hydrogen (secondary N) is 1. The summed E-state index contributed by atoms with van der Waals surface area (Å²) in [4.78, 5) is 0. The molecule has 1 fully saturated rings. The molecule has 0 atom stereocenters. The molecule has 1 heterocycles. The summed E-state index contributed by atoms with van der Waals surface area (Å²) in [5, 5.41) is 3.28. The Morgan fingerprint density at radius 1 is 0.875 bits per heavy atom. The third-order valence-corrected chi connectivity index (χ3v) is 1.21. The number of hydrogen-bond donors (Lipinski definition) is 1. The zero-order chi connectivity index (χ0) is 4.24. The summed E-state index contributed by atoms with van der Waals surface area (Å²) in [6.07, 6.45) is 4.22. The molecule has 1 nitrogen and oxygen atoms in total. The molecule has 8 heavy (non-hydrogen) atoms. The van der Waals surface area contributed by atoms with Crippen LogP contribution in [0.2, 0.25) is 0 Å². The number of hydrogen-bond acceptors (Lipinski definition) is 1. The Hall–Kier alpha value is 1.25. The Balaban J connectivity index is 0. The van der Waals surface area contributed by atoms with Gasteiger partial charge in [-0.15, -0.1) is 0 Å². The van der Waals surface area contributed by atoms with Crippen molar-refractivity contribution in [2.75, 3.05) is 13.1 Å². The van der Waals surface area contributed by atoms with E-state index in [1.807, 2.05) is 0 Å². The number of halogens is 1. The largest absolute Gasteiger partial charge is 1.00 e. The van der Waals surface area contributed by atoms with Crippen LogP contribution in [0, 0.1) is 0 Å². The Kier molecular flexibility index (Phi) is 12.4. The van der Waals surface area contributed by atoms with E-state index in [1.54, 1.807) is 0 Å². The van der Waals surface area contributed by atoms with Crippen molar-refractivity contribution in [1.82, 2.24) is 5.32 Å². The van der Waals surface area contributed by atoms with Gasteiger partial charge in [-0.1, -0.05) is 6.42 Å². The van der Waals surface area contributed by atoms with Gasteiger partial charge >= 0.3 is 29.6 Å². The van der Waals surface area contributed by atoms with Crippen LogP contribution >= 0.6 is 0 Å². The van der Waals surface area contributed by atoms with E-state index in [4.69, 9.17) is 0 Å². The Morgan fingerprint density at radius 2 is 1.38 bits per heavy atom. The molecular formula is C5H11ClNNa. The second kappa shape index (κ2) is 8.25. The molecule has 44 valence electrons. The molecule has 3 heteroatoms. The zero-order valence-electron chi connectivity index (χ0n) is 5.41. The molecule has 1 saturated heterocycles. The Labute approximate surface area is 79.3 Å². The van der Waals surface area contributed by atoms with Gasteiger partial charge in [0.2, 0.25) is 0 Å². The Morgan fingerprint density at radius 3 is 1.50 bits per heavy atom. The van der Waals surface area contributed by atoms with Crippen LogP contribution in [-0.2, 0) is 0 Å². The predicted molar refractivity (Wildman–Crippen MR) is 26.7 cm³/mol. The van der Waals surface area contributed by atoms with Crippen LogP contribution in [0.4, 0.5) is 0 Å². The van der Waals surface area contributed by atoms with E-state index in [-0.39, 0.29) is 42.0 Å². The van der Waals surface area contributed by atoms with Crippen LogP contribution in [0.25, 0.3) is 0 Å². The van der Waals surface area contributed by atoms with E-state index in [1.165, 1.54) is 32.4 Å². The minimum atomic E-state index is 0. The molecule has 0 aromatic carbocycles. The van der Waals surface area contributed by atoms with Crippen LogP contribution in [0.5, 0.6) is 0 Å². The van der Waals surface area contributed by atoms with Gasteiger partial charge in [-0.3, -0.25) is 0 Å². The van der Waals surface area contributed by atoms with Crippen molar-refractivity contribution in [2.45, 2.75) is 19.3 Å². The average Bonchev–Trinajstić information content (AvgIpc) is 1.72. The zero-order valence-corrected chi connectivity index (χ0v) is 8.17. The van der Waals surface area contributed by atoms with Crippen LogP contribution in [-0.4, -0.2) is 13.1 Å². The van der Waals surface area contributed by atoms with Gasteiger partial charge in [0.25, 0.3) is 0 Å². The molecule has 0 radical (unpaired) electrons. The molecule has 0 bridgehead atoms. The summed E-state index contributed by atoms with van der Waals surface area (Å²) in [7, 11) is 0. The van der Waals surface area contributed by atoms with Crippen LogP contribution in [0.3, 0.4) is 0 Å². The molecular weight excluding hydrogens is 133 g/mol. The topological polar surface area (TPSA) is 12.0 Å². The summed E-state index contributed by atoms with van der Waals surface area (Å²) < 4.78 is 0. The summed E-state index contributed by atoms with van der Waals surface area (Å²) in [6, 6.07) is 0. The third-order valence-electron chi connectivity index (χ3n) is 1.21. The fourth-order valence-corrected chi connectivity index (χ4v) is 0.802. The molecule has 1 aliphatic rings. The molecule has 1 N–H and O–H groups in total. The van der Waals surface area contributed by atoms with E-state index in [9.17, 15) is 0 Å². The summed E-state index contributed by atoms with van der Waals surface area (Å²) in [5.74, 6) is 0. The first-order chi connectivity index (χ1) is 3.00. The first kappa shape index (κ1) is 12.0. The van der Waals surface area contributed by atoms with Crippen LogP contribution in [0.1, 0.15) is 19.3 Å². The van der Waals surface area contributed by atoms with E-state index in [2.05, 4.69) is 5.32 Å². The van der Waals surface area contributed by atoms with Gasteiger partial charge < -0.3 is 17.7 Å². The van der Waals surface area contributed by atoms with Crippen molar-refractivity contribution in [3.05, 3.63) is 0 Å². The fraction of sp³-hybridized carbons (Fsp3) is 1.00. The average molecular weight is 144 g/mol. The SMILES string of the molecule is C1CCNCC1.[Cl-].[Na+]. The molecule has 0 unspecified atom stereocenters. The van der Waals surface area contributed by atoms with Gasteiger partial charge in [0.1, 0.15) is 0 Å². The smallest absolute Gasteiger partial charge is 1.00 e. The number of piperidine rings is 1. The minimum absolute atomic E-state index is 0. The minimum Gasteiger partial charge on any atom is -1.00 e. The first-order valence-electron chi connectivity index (χ1n) is 2.71. The monoisotopic (exact) mass is 143 g/mol. The van der Waals surface area contributed by atoms with Gasteiger partial charge in [-0.2, -0.15) is 0 Å². The standard InChI is InChI=1S/C5H11N.ClH.Na/c1-2-4-6-5-3-1;;/h6H,1-5H2;1H;/q;;+1/p-1. The predicted octanol–water partition coefficient (Wildman–Crippen LogP) is -5.23. The normalized spacial score (nSPS) is 18.0. The molecule has 1 rings (SSSR count). The van der Waals surface area contributed by atoms with E-state index >= 15 is 0 Å². The maximum atomic E-state index is 3.28. The molecule has 0 spiro atoms.